The van der Waals surface area contributed by atoms with Gasteiger partial charge in [0.05, 0.1) is 34.4 Å². The number of carboxylic acid groups (broad SMARTS) is 1. The standard InChI is InChI=1S/C39H73NO7/c1-6-8-10-12-14-16-17-18-19-20-21-22-24-25-27-29-37(41)46-34-35(33-45-32-31-36(39(43)44)40(3,4)5)47-38(42)30-28-26-23-15-13-11-9-7-2/h16-17,35-36H,6-15,18-34H2,1-5H3/p+1/b17-16+. The number of nitrogens with zero attached hydrogens (tertiary/aromatic N) is 1. The Hall–Kier alpha value is -1.93. The van der Waals surface area contributed by atoms with E-state index in [1.807, 2.05) is 21.1 Å². The second kappa shape index (κ2) is 31.3. The summed E-state index contributed by atoms with van der Waals surface area (Å²) < 4.78 is 17.2. The number of ether oxygens (including phenoxy) is 3. The molecular weight excluding hydrogens is 594 g/mol. The quantitative estimate of drug-likeness (QED) is 0.0315. The number of carbonyl (C=O) groups is 3. The molecule has 47 heavy (non-hydrogen) atoms. The summed E-state index contributed by atoms with van der Waals surface area (Å²) in [5, 5.41) is 9.56. The van der Waals surface area contributed by atoms with Gasteiger partial charge in [-0.25, -0.2) is 4.79 Å². The molecule has 1 N–H and O–H groups in total. The Balaban J connectivity index is 4.34. The zero-order valence-electron chi connectivity index (χ0n) is 31.2. The molecule has 0 spiro atoms. The summed E-state index contributed by atoms with van der Waals surface area (Å²) >= 11 is 0. The minimum Gasteiger partial charge on any atom is -0.477 e. The SMILES string of the molecule is CCCCCC/C=C/CCCCCCCCCC(=O)OCC(COCCC(C(=O)O)[N+](C)(C)C)OC(=O)CCCCCCCCCC. The molecule has 0 aromatic carbocycles. The first kappa shape index (κ1) is 45.1. The van der Waals surface area contributed by atoms with Crippen molar-refractivity contribution in [2.24, 2.45) is 0 Å². The van der Waals surface area contributed by atoms with Crippen LogP contribution in [0.15, 0.2) is 12.2 Å². The molecule has 0 heterocycles. The molecule has 0 rings (SSSR count). The van der Waals surface area contributed by atoms with Crippen LogP contribution in [0.2, 0.25) is 0 Å². The first-order valence-corrected chi connectivity index (χ1v) is 19.2. The fraction of sp³-hybridized carbons (Fsp3) is 0.872. The highest BCUT2D eigenvalue weighted by Crippen LogP contribution is 2.14. The summed E-state index contributed by atoms with van der Waals surface area (Å²) in [4.78, 5) is 36.7. The smallest absolute Gasteiger partial charge is 0.362 e. The van der Waals surface area contributed by atoms with Crippen LogP contribution in [0.3, 0.4) is 0 Å². The zero-order valence-corrected chi connectivity index (χ0v) is 31.2. The van der Waals surface area contributed by atoms with Gasteiger partial charge < -0.3 is 23.8 Å². The van der Waals surface area contributed by atoms with Gasteiger partial charge in [-0.1, -0.05) is 122 Å². The number of hydrogen-bond acceptors (Lipinski definition) is 6. The lowest BCUT2D eigenvalue weighted by Gasteiger charge is -2.31. The normalized spacial score (nSPS) is 13.1. The second-order valence-corrected chi connectivity index (χ2v) is 14.2. The van der Waals surface area contributed by atoms with E-state index in [-0.39, 0.29) is 36.2 Å². The highest BCUT2D eigenvalue weighted by molar-refractivity contribution is 5.72. The van der Waals surface area contributed by atoms with Crippen LogP contribution in [0.5, 0.6) is 0 Å². The molecule has 276 valence electrons. The third kappa shape index (κ3) is 29.9. The zero-order chi connectivity index (χ0) is 35.0. The number of allylic oxidation sites excluding steroid dienone is 2. The van der Waals surface area contributed by atoms with Crippen LogP contribution in [-0.4, -0.2) is 80.6 Å². The minimum atomic E-state index is -0.875. The van der Waals surface area contributed by atoms with Gasteiger partial charge in [0.25, 0.3) is 0 Å². The second-order valence-electron chi connectivity index (χ2n) is 14.2. The highest BCUT2D eigenvalue weighted by Gasteiger charge is 2.31. The number of unbranched alkanes of at least 4 members (excludes halogenated alkanes) is 18. The summed E-state index contributed by atoms with van der Waals surface area (Å²) in [5.74, 6) is -1.47. The fourth-order valence-electron chi connectivity index (χ4n) is 5.61. The number of rotatable bonds is 34. The number of aliphatic carboxylic acids is 1. The number of hydrogen-bond donors (Lipinski definition) is 1. The molecule has 0 aromatic rings. The van der Waals surface area contributed by atoms with Crippen LogP contribution < -0.4 is 0 Å². The number of carbonyl (C=O) groups excluding carboxylic acids is 2. The molecule has 2 unspecified atom stereocenters. The van der Waals surface area contributed by atoms with E-state index < -0.39 is 18.1 Å². The fourth-order valence-corrected chi connectivity index (χ4v) is 5.61. The lowest BCUT2D eigenvalue weighted by Crippen LogP contribution is -2.50. The molecule has 8 nitrogen and oxygen atoms in total. The molecule has 0 bridgehead atoms. The van der Waals surface area contributed by atoms with E-state index in [9.17, 15) is 19.5 Å². The van der Waals surface area contributed by atoms with Crippen molar-refractivity contribution in [2.45, 2.75) is 180 Å². The number of likely N-dealkylation sites (N-methyl/N-ethyl adjacent to an activating group) is 1. The van der Waals surface area contributed by atoms with E-state index in [1.54, 1.807) is 0 Å². The maximum absolute atomic E-state index is 12.6. The summed E-state index contributed by atoms with van der Waals surface area (Å²) in [6.45, 7) is 4.68. The summed E-state index contributed by atoms with van der Waals surface area (Å²) in [7, 11) is 5.51. The van der Waals surface area contributed by atoms with Gasteiger partial charge in [0.2, 0.25) is 0 Å². The van der Waals surface area contributed by atoms with Crippen molar-refractivity contribution in [3.63, 3.8) is 0 Å². The van der Waals surface area contributed by atoms with Crippen LogP contribution in [0.25, 0.3) is 0 Å². The van der Waals surface area contributed by atoms with Crippen LogP contribution in [-0.2, 0) is 28.6 Å². The molecule has 0 amide bonds. The van der Waals surface area contributed by atoms with E-state index in [1.165, 1.54) is 96.3 Å². The van der Waals surface area contributed by atoms with Crippen LogP contribution >= 0.6 is 0 Å². The van der Waals surface area contributed by atoms with Gasteiger partial charge in [0, 0.05) is 19.3 Å². The number of quaternary nitrogens is 1. The molecule has 0 saturated carbocycles. The average Bonchev–Trinajstić information content (AvgIpc) is 3.01. The van der Waals surface area contributed by atoms with E-state index in [4.69, 9.17) is 14.2 Å². The van der Waals surface area contributed by atoms with Crippen molar-refractivity contribution in [2.75, 3.05) is 41.0 Å². The van der Waals surface area contributed by atoms with Gasteiger partial charge in [-0.15, -0.1) is 0 Å². The monoisotopic (exact) mass is 669 g/mol. The molecule has 0 radical (unpaired) electrons. The maximum Gasteiger partial charge on any atom is 0.362 e. The van der Waals surface area contributed by atoms with Gasteiger partial charge in [-0.05, 0) is 38.5 Å². The molecule has 0 aliphatic heterocycles. The van der Waals surface area contributed by atoms with Gasteiger partial charge in [0.15, 0.2) is 12.1 Å². The van der Waals surface area contributed by atoms with Gasteiger partial charge >= 0.3 is 17.9 Å². The van der Waals surface area contributed by atoms with Crippen LogP contribution in [0.4, 0.5) is 0 Å². The number of esters is 2. The average molecular weight is 669 g/mol. The molecule has 8 heteroatoms. The van der Waals surface area contributed by atoms with Crippen LogP contribution in [0.1, 0.15) is 168 Å². The molecule has 0 fully saturated rings. The molecule has 2 atom stereocenters. The van der Waals surface area contributed by atoms with Crippen molar-refractivity contribution in [1.29, 1.82) is 0 Å². The lowest BCUT2D eigenvalue weighted by molar-refractivity contribution is -0.887. The topological polar surface area (TPSA) is 99.1 Å². The van der Waals surface area contributed by atoms with Crippen molar-refractivity contribution in [1.82, 2.24) is 0 Å². The van der Waals surface area contributed by atoms with E-state index in [0.717, 1.165) is 38.5 Å². The van der Waals surface area contributed by atoms with E-state index in [0.29, 0.717) is 19.3 Å². The van der Waals surface area contributed by atoms with Crippen molar-refractivity contribution in [3.05, 3.63) is 12.2 Å². The Labute approximate surface area is 289 Å². The largest absolute Gasteiger partial charge is 0.477 e. The Kier molecular flexibility index (Phi) is 30.1. The van der Waals surface area contributed by atoms with Crippen molar-refractivity contribution >= 4 is 17.9 Å². The summed E-state index contributed by atoms with van der Waals surface area (Å²) in [6.07, 6.45) is 29.7. The van der Waals surface area contributed by atoms with Gasteiger partial charge in [-0.3, -0.25) is 9.59 Å². The third-order valence-electron chi connectivity index (χ3n) is 8.66. The first-order valence-electron chi connectivity index (χ1n) is 19.2. The Morgan fingerprint density at radius 2 is 1.06 bits per heavy atom. The summed E-state index contributed by atoms with van der Waals surface area (Å²) in [5.41, 5.74) is 0. The van der Waals surface area contributed by atoms with Crippen molar-refractivity contribution < 1.29 is 38.2 Å². The molecular formula is C39H74NO7+. The molecule has 0 aliphatic carbocycles. The predicted molar refractivity (Wildman–Crippen MR) is 192 cm³/mol. The van der Waals surface area contributed by atoms with E-state index >= 15 is 0 Å². The molecule has 0 aromatic heterocycles. The summed E-state index contributed by atoms with van der Waals surface area (Å²) in [6, 6.07) is -0.608. The number of carboxylic acids is 1. The van der Waals surface area contributed by atoms with Crippen molar-refractivity contribution in [3.8, 4) is 0 Å². The maximum atomic E-state index is 12.6. The van der Waals surface area contributed by atoms with Gasteiger partial charge in [0.1, 0.15) is 6.61 Å². The first-order chi connectivity index (χ1) is 22.6. The lowest BCUT2D eigenvalue weighted by atomic mass is 10.1. The Morgan fingerprint density at radius 3 is 1.55 bits per heavy atom. The van der Waals surface area contributed by atoms with Crippen LogP contribution in [0, 0.1) is 0 Å². The molecule has 0 saturated heterocycles. The Morgan fingerprint density at radius 1 is 0.617 bits per heavy atom. The Bertz CT molecular complexity index is 793. The van der Waals surface area contributed by atoms with E-state index in [2.05, 4.69) is 26.0 Å². The highest BCUT2D eigenvalue weighted by atomic mass is 16.6. The predicted octanol–water partition coefficient (Wildman–Crippen LogP) is 9.58. The minimum absolute atomic E-state index is 0.0487. The third-order valence-corrected chi connectivity index (χ3v) is 8.66. The molecule has 0 aliphatic rings. The van der Waals surface area contributed by atoms with Gasteiger partial charge in [-0.2, -0.15) is 0 Å².